The van der Waals surface area contributed by atoms with Gasteiger partial charge in [-0.1, -0.05) is 11.3 Å². The fourth-order valence-electron chi connectivity index (χ4n) is 1.03. The van der Waals surface area contributed by atoms with Crippen LogP contribution in [0.3, 0.4) is 0 Å². The molecule has 15 heavy (non-hydrogen) atoms. The predicted octanol–water partition coefficient (Wildman–Crippen LogP) is 1.85. The summed E-state index contributed by atoms with van der Waals surface area (Å²) in [7, 11) is 3.48. The van der Waals surface area contributed by atoms with Crippen LogP contribution in [0.25, 0.3) is 10.7 Å². The molecule has 0 saturated heterocycles. The van der Waals surface area contributed by atoms with Crippen molar-refractivity contribution in [2.75, 3.05) is 19.5 Å². The Balaban J connectivity index is 2.21. The van der Waals surface area contributed by atoms with Crippen LogP contribution in [0.15, 0.2) is 5.38 Å². The average Bonchev–Trinajstić information content (AvgIpc) is 2.85. The van der Waals surface area contributed by atoms with E-state index >= 15 is 0 Å². The molecule has 0 aromatic carbocycles. The lowest BCUT2D eigenvalue weighted by Crippen LogP contribution is -1.85. The first-order chi connectivity index (χ1) is 7.33. The molecule has 0 unspecified atom stereocenters. The normalized spacial score (nSPS) is 10.5. The van der Waals surface area contributed by atoms with Gasteiger partial charge in [-0.2, -0.15) is 0 Å². The Hall–Kier alpha value is -1.05. The van der Waals surface area contributed by atoms with Gasteiger partial charge in [0.2, 0.25) is 5.13 Å². The number of hydrogen-bond acceptors (Lipinski definition) is 7. The molecule has 0 fully saturated rings. The van der Waals surface area contributed by atoms with Crippen LogP contribution < -0.4 is 5.32 Å². The molecule has 2 aromatic rings. The number of rotatable bonds is 4. The van der Waals surface area contributed by atoms with Gasteiger partial charge in [0.15, 0.2) is 5.01 Å². The summed E-state index contributed by atoms with van der Waals surface area (Å²) in [5, 5.41) is 15.5. The molecule has 0 aliphatic rings. The predicted molar refractivity (Wildman–Crippen MR) is 61.3 cm³/mol. The number of ether oxygens (including phenoxy) is 1. The zero-order valence-corrected chi connectivity index (χ0v) is 9.98. The molecule has 0 radical (unpaired) electrons. The van der Waals surface area contributed by atoms with Crippen LogP contribution in [-0.4, -0.2) is 29.3 Å². The lowest BCUT2D eigenvalue weighted by atomic mass is 10.5. The summed E-state index contributed by atoms with van der Waals surface area (Å²) in [6, 6.07) is 0. The van der Waals surface area contributed by atoms with Gasteiger partial charge in [-0.3, -0.25) is 0 Å². The highest BCUT2D eigenvalue weighted by atomic mass is 32.1. The van der Waals surface area contributed by atoms with Crippen molar-refractivity contribution in [3.8, 4) is 10.7 Å². The second-order valence-corrected chi connectivity index (χ2v) is 4.64. The van der Waals surface area contributed by atoms with E-state index in [9.17, 15) is 0 Å². The zero-order chi connectivity index (χ0) is 10.7. The molecule has 0 bridgehead atoms. The quantitative estimate of drug-likeness (QED) is 0.886. The third kappa shape index (κ3) is 2.31. The highest BCUT2D eigenvalue weighted by Crippen LogP contribution is 2.27. The van der Waals surface area contributed by atoms with E-state index in [0.29, 0.717) is 6.61 Å². The van der Waals surface area contributed by atoms with E-state index in [4.69, 9.17) is 4.74 Å². The molecule has 0 saturated carbocycles. The molecule has 0 aliphatic carbocycles. The minimum atomic E-state index is 0.544. The first-order valence-corrected chi connectivity index (χ1v) is 5.98. The molecular formula is C8H10N4OS2. The van der Waals surface area contributed by atoms with Crippen LogP contribution in [0.4, 0.5) is 5.13 Å². The largest absolute Gasteiger partial charge is 0.378 e. The number of aromatic nitrogens is 3. The molecule has 7 heteroatoms. The van der Waals surface area contributed by atoms with Crippen LogP contribution in [0.2, 0.25) is 0 Å². The topological polar surface area (TPSA) is 59.9 Å². The van der Waals surface area contributed by atoms with E-state index < -0.39 is 0 Å². The van der Waals surface area contributed by atoms with Crippen molar-refractivity contribution in [2.45, 2.75) is 6.61 Å². The standard InChI is InChI=1S/C8H10N4OS2/c1-9-8-12-11-7(15-8)5-4-14-6(10-5)3-13-2/h4H,3H2,1-2H3,(H,9,12). The number of nitrogens with one attached hydrogen (secondary N) is 1. The van der Waals surface area contributed by atoms with Gasteiger partial charge in [0.25, 0.3) is 0 Å². The van der Waals surface area contributed by atoms with E-state index in [1.807, 2.05) is 12.4 Å². The Morgan fingerprint density at radius 1 is 1.47 bits per heavy atom. The fraction of sp³-hybridized carbons (Fsp3) is 0.375. The summed E-state index contributed by atoms with van der Waals surface area (Å²) < 4.78 is 5.01. The van der Waals surface area contributed by atoms with Gasteiger partial charge in [-0.15, -0.1) is 21.5 Å². The van der Waals surface area contributed by atoms with Crippen LogP contribution in [0.1, 0.15) is 5.01 Å². The lowest BCUT2D eigenvalue weighted by Gasteiger charge is -1.89. The van der Waals surface area contributed by atoms with Crippen molar-refractivity contribution in [1.82, 2.24) is 15.2 Å². The van der Waals surface area contributed by atoms with Gasteiger partial charge in [-0.25, -0.2) is 4.98 Å². The van der Waals surface area contributed by atoms with Crippen LogP contribution in [0, 0.1) is 0 Å². The highest BCUT2D eigenvalue weighted by Gasteiger charge is 2.09. The van der Waals surface area contributed by atoms with Gasteiger partial charge in [-0.05, 0) is 0 Å². The van der Waals surface area contributed by atoms with Gasteiger partial charge >= 0.3 is 0 Å². The number of thiazole rings is 1. The molecule has 80 valence electrons. The Bertz CT molecular complexity index is 439. The smallest absolute Gasteiger partial charge is 0.205 e. The maximum atomic E-state index is 5.01. The van der Waals surface area contributed by atoms with Crippen molar-refractivity contribution in [3.63, 3.8) is 0 Å². The monoisotopic (exact) mass is 242 g/mol. The number of anilines is 1. The van der Waals surface area contributed by atoms with E-state index in [-0.39, 0.29) is 0 Å². The Labute approximate surface area is 95.2 Å². The minimum absolute atomic E-state index is 0.544. The average molecular weight is 242 g/mol. The highest BCUT2D eigenvalue weighted by molar-refractivity contribution is 7.18. The molecule has 0 atom stereocenters. The molecule has 2 rings (SSSR count). The molecule has 5 nitrogen and oxygen atoms in total. The first kappa shape index (κ1) is 10.5. The first-order valence-electron chi connectivity index (χ1n) is 4.28. The summed E-state index contributed by atoms with van der Waals surface area (Å²) in [5.74, 6) is 0. The van der Waals surface area contributed by atoms with Crippen LogP contribution in [-0.2, 0) is 11.3 Å². The third-order valence-electron chi connectivity index (χ3n) is 1.68. The van der Waals surface area contributed by atoms with E-state index in [1.54, 1.807) is 18.4 Å². The van der Waals surface area contributed by atoms with Crippen LogP contribution >= 0.6 is 22.7 Å². The van der Waals surface area contributed by atoms with Gasteiger partial charge in [0, 0.05) is 19.5 Å². The molecule has 0 spiro atoms. The SMILES string of the molecule is CNc1nnc(-c2csc(COC)n2)s1. The maximum Gasteiger partial charge on any atom is 0.205 e. The Kier molecular flexibility index (Phi) is 3.24. The summed E-state index contributed by atoms with van der Waals surface area (Å²) in [4.78, 5) is 4.39. The minimum Gasteiger partial charge on any atom is -0.378 e. The van der Waals surface area contributed by atoms with Gasteiger partial charge < -0.3 is 10.1 Å². The lowest BCUT2D eigenvalue weighted by molar-refractivity contribution is 0.184. The molecule has 1 N–H and O–H groups in total. The van der Waals surface area contributed by atoms with Crippen molar-refractivity contribution in [2.24, 2.45) is 0 Å². The molecule has 2 aromatic heterocycles. The molecular weight excluding hydrogens is 232 g/mol. The van der Waals surface area contributed by atoms with E-state index in [1.165, 1.54) is 11.3 Å². The van der Waals surface area contributed by atoms with Crippen molar-refractivity contribution in [3.05, 3.63) is 10.4 Å². The van der Waals surface area contributed by atoms with Crippen molar-refractivity contribution in [1.29, 1.82) is 0 Å². The number of methoxy groups -OCH3 is 1. The fourth-order valence-corrected chi connectivity index (χ4v) is 2.51. The molecule has 0 aliphatic heterocycles. The Morgan fingerprint density at radius 3 is 3.00 bits per heavy atom. The summed E-state index contributed by atoms with van der Waals surface area (Å²) >= 11 is 3.06. The summed E-state index contributed by atoms with van der Waals surface area (Å²) in [6.07, 6.45) is 0. The van der Waals surface area contributed by atoms with Crippen LogP contribution in [0.5, 0.6) is 0 Å². The van der Waals surface area contributed by atoms with Gasteiger partial charge in [0.05, 0.1) is 6.61 Å². The van der Waals surface area contributed by atoms with E-state index in [2.05, 4.69) is 20.5 Å². The Morgan fingerprint density at radius 2 is 2.33 bits per heavy atom. The van der Waals surface area contributed by atoms with Crippen molar-refractivity contribution >= 4 is 27.8 Å². The summed E-state index contributed by atoms with van der Waals surface area (Å²) in [5.41, 5.74) is 0.867. The second kappa shape index (κ2) is 4.65. The van der Waals surface area contributed by atoms with E-state index in [0.717, 1.165) is 20.8 Å². The van der Waals surface area contributed by atoms with Gasteiger partial charge in [0.1, 0.15) is 10.7 Å². The maximum absolute atomic E-state index is 5.01. The number of nitrogens with zero attached hydrogens (tertiary/aromatic N) is 3. The second-order valence-electron chi connectivity index (χ2n) is 2.72. The molecule has 0 amide bonds. The van der Waals surface area contributed by atoms with Crippen molar-refractivity contribution < 1.29 is 4.74 Å². The third-order valence-corrected chi connectivity index (χ3v) is 3.46. The summed E-state index contributed by atoms with van der Waals surface area (Å²) in [6.45, 7) is 0.544. The zero-order valence-electron chi connectivity index (χ0n) is 8.35. The molecule has 2 heterocycles. The number of hydrogen-bond donors (Lipinski definition) is 1.